The van der Waals surface area contributed by atoms with Gasteiger partial charge < -0.3 is 10.6 Å². The molecule has 2 heterocycles. The number of pyridine rings is 1. The molecule has 0 unspecified atom stereocenters. The van der Waals surface area contributed by atoms with Crippen LogP contribution in [0.3, 0.4) is 0 Å². The Morgan fingerprint density at radius 3 is 2.75 bits per heavy atom. The molecule has 0 saturated heterocycles. The number of nitrogens with one attached hydrogen (secondary N) is 3. The molecule has 1 fully saturated rings. The van der Waals surface area contributed by atoms with E-state index in [1.54, 1.807) is 12.1 Å². The lowest BCUT2D eigenvalue weighted by Crippen LogP contribution is -2.27. The van der Waals surface area contributed by atoms with Gasteiger partial charge in [0.15, 0.2) is 0 Å². The smallest absolute Gasteiger partial charge is 0.261 e. The summed E-state index contributed by atoms with van der Waals surface area (Å²) in [4.78, 5) is 16.0. The van der Waals surface area contributed by atoms with Crippen LogP contribution in [0.2, 0.25) is 0 Å². The minimum absolute atomic E-state index is 0.123. The van der Waals surface area contributed by atoms with E-state index in [2.05, 4.69) is 25.8 Å². The van der Waals surface area contributed by atoms with Crippen LogP contribution < -0.4 is 10.6 Å². The van der Waals surface area contributed by atoms with Gasteiger partial charge in [0, 0.05) is 6.04 Å². The van der Waals surface area contributed by atoms with Gasteiger partial charge in [-0.3, -0.25) is 9.89 Å². The fraction of sp³-hybridized carbons (Fsp3) is 0.308. The zero-order chi connectivity index (χ0) is 13.9. The number of aromatic nitrogens is 3. The van der Waals surface area contributed by atoms with Gasteiger partial charge in [-0.05, 0) is 31.4 Å². The monoisotopic (exact) mass is 275 g/mol. The molecule has 7 heteroatoms. The summed E-state index contributed by atoms with van der Waals surface area (Å²) in [7, 11) is 0. The van der Waals surface area contributed by atoms with Crippen LogP contribution in [0, 0.1) is 5.95 Å². The van der Waals surface area contributed by atoms with E-state index in [0.717, 1.165) is 12.0 Å². The second-order valence-electron chi connectivity index (χ2n) is 4.76. The molecule has 104 valence electrons. The summed E-state index contributed by atoms with van der Waals surface area (Å²) >= 11 is 0. The molecule has 2 aromatic rings. The van der Waals surface area contributed by atoms with Gasteiger partial charge in [-0.1, -0.05) is 0 Å². The molecule has 6 nitrogen and oxygen atoms in total. The highest BCUT2D eigenvalue weighted by Gasteiger charge is 2.17. The number of halogens is 1. The number of amides is 1. The molecule has 0 aromatic carbocycles. The van der Waals surface area contributed by atoms with Crippen molar-refractivity contribution >= 4 is 17.4 Å². The topological polar surface area (TPSA) is 82.7 Å². The Kier molecular flexibility index (Phi) is 3.32. The van der Waals surface area contributed by atoms with E-state index in [4.69, 9.17) is 0 Å². The standard InChI is InChI=1S/C13H14FN5O/c14-12-10(7-16-19-12)13(20)18-9-4-5-11(15-6-9)17-8-2-1-3-8/h4-8H,1-3H2,(H,15,17)(H,16,19)(H,18,20). The van der Waals surface area contributed by atoms with Crippen molar-refractivity contribution in [3.8, 4) is 0 Å². The van der Waals surface area contributed by atoms with Gasteiger partial charge in [-0.2, -0.15) is 9.49 Å². The number of hydrogen-bond acceptors (Lipinski definition) is 4. The summed E-state index contributed by atoms with van der Waals surface area (Å²) in [5, 5.41) is 11.4. The van der Waals surface area contributed by atoms with Gasteiger partial charge in [0.2, 0.25) is 5.95 Å². The first-order valence-corrected chi connectivity index (χ1v) is 6.45. The van der Waals surface area contributed by atoms with E-state index in [1.165, 1.54) is 25.5 Å². The van der Waals surface area contributed by atoms with Crippen LogP contribution in [0.5, 0.6) is 0 Å². The van der Waals surface area contributed by atoms with Crippen molar-refractivity contribution in [2.75, 3.05) is 10.6 Å². The lowest BCUT2D eigenvalue weighted by molar-refractivity contribution is 0.102. The van der Waals surface area contributed by atoms with E-state index in [9.17, 15) is 9.18 Å². The summed E-state index contributed by atoms with van der Waals surface area (Å²) in [5.41, 5.74) is 0.386. The van der Waals surface area contributed by atoms with Gasteiger partial charge in [0.05, 0.1) is 18.1 Å². The van der Waals surface area contributed by atoms with Crippen LogP contribution in [0.25, 0.3) is 0 Å². The molecule has 3 N–H and O–H groups in total. The van der Waals surface area contributed by atoms with Crippen molar-refractivity contribution in [2.24, 2.45) is 0 Å². The summed E-state index contributed by atoms with van der Waals surface area (Å²) in [6, 6.07) is 4.02. The van der Waals surface area contributed by atoms with Crippen molar-refractivity contribution in [3.05, 3.63) is 36.0 Å². The predicted octanol–water partition coefficient (Wildman–Crippen LogP) is 2.16. The maximum Gasteiger partial charge on any atom is 0.261 e. The maximum absolute atomic E-state index is 13.2. The van der Waals surface area contributed by atoms with Crippen LogP contribution in [0.15, 0.2) is 24.5 Å². The number of anilines is 2. The third-order valence-electron chi connectivity index (χ3n) is 3.32. The van der Waals surface area contributed by atoms with Crippen LogP contribution in [-0.4, -0.2) is 27.1 Å². The lowest BCUT2D eigenvalue weighted by Gasteiger charge is -2.26. The third-order valence-corrected chi connectivity index (χ3v) is 3.32. The largest absolute Gasteiger partial charge is 0.367 e. The highest BCUT2D eigenvalue weighted by molar-refractivity contribution is 6.04. The molecule has 0 aliphatic heterocycles. The average Bonchev–Trinajstić information content (AvgIpc) is 2.82. The average molecular weight is 275 g/mol. The molecule has 0 spiro atoms. The van der Waals surface area contributed by atoms with E-state index < -0.39 is 11.9 Å². The highest BCUT2D eigenvalue weighted by Crippen LogP contribution is 2.22. The number of H-pyrrole nitrogens is 1. The molecule has 0 radical (unpaired) electrons. The number of carbonyl (C=O) groups is 1. The Bertz CT molecular complexity index is 605. The Labute approximate surface area is 114 Å². The van der Waals surface area contributed by atoms with Crippen molar-refractivity contribution in [1.82, 2.24) is 15.2 Å². The SMILES string of the molecule is O=C(Nc1ccc(NC2CCC2)nc1)c1cn[nH]c1F. The molecule has 20 heavy (non-hydrogen) atoms. The highest BCUT2D eigenvalue weighted by atomic mass is 19.1. The second kappa shape index (κ2) is 5.28. The second-order valence-corrected chi connectivity index (χ2v) is 4.76. The molecule has 0 atom stereocenters. The minimum atomic E-state index is -0.751. The third kappa shape index (κ3) is 2.61. The van der Waals surface area contributed by atoms with Crippen molar-refractivity contribution in [1.29, 1.82) is 0 Å². The Balaban J connectivity index is 1.62. The summed E-state index contributed by atoms with van der Waals surface area (Å²) in [6.45, 7) is 0. The van der Waals surface area contributed by atoms with E-state index in [1.807, 2.05) is 0 Å². The molecule has 2 aromatic heterocycles. The predicted molar refractivity (Wildman–Crippen MR) is 72.0 cm³/mol. The van der Waals surface area contributed by atoms with Gasteiger partial charge in [-0.15, -0.1) is 0 Å². The number of nitrogens with zero attached hydrogens (tertiary/aromatic N) is 2. The van der Waals surface area contributed by atoms with E-state index in [0.29, 0.717) is 11.7 Å². The van der Waals surface area contributed by atoms with Crippen LogP contribution in [0.4, 0.5) is 15.9 Å². The van der Waals surface area contributed by atoms with Gasteiger partial charge in [0.25, 0.3) is 5.91 Å². The molecular formula is C13H14FN5O. The molecular weight excluding hydrogens is 261 g/mol. The first-order chi connectivity index (χ1) is 9.72. The number of hydrogen-bond donors (Lipinski definition) is 3. The van der Waals surface area contributed by atoms with Crippen molar-refractivity contribution < 1.29 is 9.18 Å². The van der Waals surface area contributed by atoms with Crippen LogP contribution in [0.1, 0.15) is 29.6 Å². The fourth-order valence-corrected chi connectivity index (χ4v) is 1.94. The normalized spacial score (nSPS) is 14.7. The van der Waals surface area contributed by atoms with Gasteiger partial charge in [-0.25, -0.2) is 4.98 Å². The summed E-state index contributed by atoms with van der Waals surface area (Å²) < 4.78 is 13.2. The molecule has 3 rings (SSSR count). The fourth-order valence-electron chi connectivity index (χ4n) is 1.94. The Morgan fingerprint density at radius 2 is 2.20 bits per heavy atom. The zero-order valence-electron chi connectivity index (χ0n) is 10.7. The van der Waals surface area contributed by atoms with E-state index in [-0.39, 0.29) is 5.56 Å². The quantitative estimate of drug-likeness (QED) is 0.798. The van der Waals surface area contributed by atoms with Gasteiger partial charge in [0.1, 0.15) is 11.4 Å². The summed E-state index contributed by atoms with van der Waals surface area (Å²) in [5.74, 6) is -0.529. The summed E-state index contributed by atoms with van der Waals surface area (Å²) in [6.07, 6.45) is 6.27. The molecule has 1 saturated carbocycles. The molecule has 1 aliphatic carbocycles. The first kappa shape index (κ1) is 12.6. The first-order valence-electron chi connectivity index (χ1n) is 6.45. The number of aromatic amines is 1. The minimum Gasteiger partial charge on any atom is -0.367 e. The lowest BCUT2D eigenvalue weighted by atomic mass is 9.93. The van der Waals surface area contributed by atoms with Crippen LogP contribution >= 0.6 is 0 Å². The Hall–Kier alpha value is -2.44. The van der Waals surface area contributed by atoms with Crippen LogP contribution in [-0.2, 0) is 0 Å². The zero-order valence-corrected chi connectivity index (χ0v) is 10.7. The van der Waals surface area contributed by atoms with Crippen molar-refractivity contribution in [3.63, 3.8) is 0 Å². The molecule has 1 amide bonds. The van der Waals surface area contributed by atoms with Crippen molar-refractivity contribution in [2.45, 2.75) is 25.3 Å². The maximum atomic E-state index is 13.2. The number of carbonyl (C=O) groups excluding carboxylic acids is 1. The Morgan fingerprint density at radius 1 is 1.35 bits per heavy atom. The molecule has 1 aliphatic rings. The number of rotatable bonds is 4. The van der Waals surface area contributed by atoms with Gasteiger partial charge >= 0.3 is 0 Å². The van der Waals surface area contributed by atoms with E-state index >= 15 is 0 Å². The molecule has 0 bridgehead atoms.